The Morgan fingerprint density at radius 2 is 1.76 bits per heavy atom. The van der Waals surface area contributed by atoms with E-state index in [1.165, 1.54) is 0 Å². The van der Waals surface area contributed by atoms with E-state index >= 15 is 0 Å². The molecule has 6 nitrogen and oxygen atoms in total. The van der Waals surface area contributed by atoms with Crippen molar-refractivity contribution in [2.24, 2.45) is 5.73 Å². The fourth-order valence-electron chi connectivity index (χ4n) is 3.02. The van der Waals surface area contributed by atoms with E-state index in [0.29, 0.717) is 0 Å². The van der Waals surface area contributed by atoms with Crippen LogP contribution in [0.2, 0.25) is 0 Å². The maximum atomic E-state index is 12.3. The Labute approximate surface area is 161 Å². The van der Waals surface area contributed by atoms with E-state index in [9.17, 15) is 4.79 Å². The maximum absolute atomic E-state index is 12.3. The molecule has 1 aliphatic carbocycles. The molecule has 2 aliphatic rings. The maximum Gasteiger partial charge on any atom is 0.242 e. The lowest BCUT2D eigenvalue weighted by atomic mass is 10.1. The molecule has 0 bridgehead atoms. The van der Waals surface area contributed by atoms with Gasteiger partial charge in [-0.25, -0.2) is 0 Å². The van der Waals surface area contributed by atoms with E-state index in [1.54, 1.807) is 14.2 Å². The molecular weight excluding hydrogens is 365 g/mol. The van der Waals surface area contributed by atoms with E-state index in [0.717, 1.165) is 62.6 Å². The monoisotopic (exact) mass is 391 g/mol. The van der Waals surface area contributed by atoms with Crippen LogP contribution in [0.25, 0.3) is 0 Å². The average Bonchev–Trinajstić information content (AvgIpc) is 3.33. The Morgan fingerprint density at radius 3 is 2.28 bits per heavy atom. The van der Waals surface area contributed by atoms with Crippen LogP contribution in [0.5, 0.6) is 11.5 Å². The number of piperazine rings is 1. The minimum atomic E-state index is -0.557. The van der Waals surface area contributed by atoms with Gasteiger partial charge in [0.05, 0.1) is 19.8 Å². The number of hydrogen-bond donors (Lipinski definition) is 1. The van der Waals surface area contributed by atoms with Crippen LogP contribution in [0.4, 0.5) is 0 Å². The van der Waals surface area contributed by atoms with Crippen molar-refractivity contribution in [3.63, 3.8) is 0 Å². The van der Waals surface area contributed by atoms with Crippen molar-refractivity contribution in [1.82, 2.24) is 9.80 Å². The first-order valence-electron chi connectivity index (χ1n) is 8.07. The number of hydrogen-bond acceptors (Lipinski definition) is 5. The zero-order chi connectivity index (χ0) is 16.4. The molecule has 1 saturated heterocycles. The second-order valence-corrected chi connectivity index (χ2v) is 6.40. The van der Waals surface area contributed by atoms with Gasteiger partial charge in [0.1, 0.15) is 11.5 Å². The van der Waals surface area contributed by atoms with Gasteiger partial charge in [0.15, 0.2) is 0 Å². The molecule has 142 valence electrons. The molecule has 2 fully saturated rings. The molecule has 0 unspecified atom stereocenters. The summed E-state index contributed by atoms with van der Waals surface area (Å²) in [6.45, 7) is 3.97. The highest BCUT2D eigenvalue weighted by Crippen LogP contribution is 2.34. The molecule has 1 aromatic carbocycles. The van der Waals surface area contributed by atoms with Crippen molar-refractivity contribution in [2.75, 3.05) is 40.4 Å². The molecule has 1 aliphatic heterocycles. The number of carbonyl (C=O) groups is 1. The minimum absolute atomic E-state index is 0. The van der Waals surface area contributed by atoms with Crippen molar-refractivity contribution in [1.29, 1.82) is 0 Å². The van der Waals surface area contributed by atoms with Gasteiger partial charge >= 0.3 is 0 Å². The first-order valence-corrected chi connectivity index (χ1v) is 8.07. The lowest BCUT2D eigenvalue weighted by Gasteiger charge is -2.36. The van der Waals surface area contributed by atoms with Crippen LogP contribution in [0.1, 0.15) is 18.4 Å². The predicted octanol–water partition coefficient (Wildman–Crippen LogP) is 1.68. The zero-order valence-electron chi connectivity index (χ0n) is 14.7. The van der Waals surface area contributed by atoms with Crippen molar-refractivity contribution in [2.45, 2.75) is 24.9 Å². The summed E-state index contributed by atoms with van der Waals surface area (Å²) >= 11 is 0. The Hall–Kier alpha value is -1.21. The molecule has 0 spiro atoms. The number of nitrogens with zero attached hydrogens (tertiary/aromatic N) is 2. The van der Waals surface area contributed by atoms with Gasteiger partial charge in [-0.05, 0) is 31.0 Å². The Morgan fingerprint density at radius 1 is 1.12 bits per heavy atom. The van der Waals surface area contributed by atoms with Gasteiger partial charge < -0.3 is 20.1 Å². The van der Waals surface area contributed by atoms with Crippen molar-refractivity contribution in [3.05, 3.63) is 23.8 Å². The second kappa shape index (κ2) is 8.94. The first-order chi connectivity index (χ1) is 11.1. The van der Waals surface area contributed by atoms with Crippen molar-refractivity contribution in [3.8, 4) is 11.5 Å². The largest absolute Gasteiger partial charge is 0.497 e. The number of rotatable bonds is 5. The normalized spacial score (nSPS) is 18.6. The summed E-state index contributed by atoms with van der Waals surface area (Å²) in [4.78, 5) is 16.5. The smallest absolute Gasteiger partial charge is 0.242 e. The molecule has 1 amide bonds. The fourth-order valence-corrected chi connectivity index (χ4v) is 3.02. The van der Waals surface area contributed by atoms with Crippen LogP contribution in [0.3, 0.4) is 0 Å². The summed E-state index contributed by atoms with van der Waals surface area (Å²) in [5.74, 6) is 1.81. The highest BCUT2D eigenvalue weighted by molar-refractivity contribution is 5.89. The lowest BCUT2D eigenvalue weighted by Crippen LogP contribution is -2.53. The number of benzene rings is 1. The van der Waals surface area contributed by atoms with Gasteiger partial charge in [-0.1, -0.05) is 0 Å². The van der Waals surface area contributed by atoms with E-state index in [1.807, 2.05) is 23.1 Å². The Bertz CT molecular complexity index is 589. The molecule has 0 radical (unpaired) electrons. The van der Waals surface area contributed by atoms with Crippen LogP contribution in [0, 0.1) is 0 Å². The van der Waals surface area contributed by atoms with Gasteiger partial charge in [-0.3, -0.25) is 9.69 Å². The van der Waals surface area contributed by atoms with Gasteiger partial charge in [-0.15, -0.1) is 24.8 Å². The van der Waals surface area contributed by atoms with Crippen LogP contribution in [-0.2, 0) is 11.3 Å². The predicted molar refractivity (Wildman–Crippen MR) is 102 cm³/mol. The van der Waals surface area contributed by atoms with Gasteiger partial charge in [0.25, 0.3) is 0 Å². The summed E-state index contributed by atoms with van der Waals surface area (Å²) in [6.07, 6.45) is 1.65. The molecule has 2 N–H and O–H groups in total. The number of halogens is 2. The molecular formula is C17H27Cl2N3O3. The number of carbonyl (C=O) groups excluding carboxylic acids is 1. The number of ether oxygens (including phenoxy) is 2. The molecule has 3 rings (SSSR count). The van der Waals surface area contributed by atoms with Gasteiger partial charge in [0, 0.05) is 38.3 Å². The Balaban J connectivity index is 0.00000156. The third-order valence-electron chi connectivity index (χ3n) is 4.76. The summed E-state index contributed by atoms with van der Waals surface area (Å²) in [6, 6.07) is 5.84. The number of nitrogens with two attached hydrogens (primary N) is 1. The molecule has 25 heavy (non-hydrogen) atoms. The highest BCUT2D eigenvalue weighted by Gasteiger charge is 2.48. The summed E-state index contributed by atoms with van der Waals surface area (Å²) in [5, 5.41) is 0. The van der Waals surface area contributed by atoms with E-state index in [2.05, 4.69) is 4.90 Å². The Kier molecular flexibility index (Phi) is 7.81. The fraction of sp³-hybridized carbons (Fsp3) is 0.588. The molecule has 1 aromatic rings. The van der Waals surface area contributed by atoms with Crippen LogP contribution < -0.4 is 15.2 Å². The highest BCUT2D eigenvalue weighted by atomic mass is 35.5. The third-order valence-corrected chi connectivity index (χ3v) is 4.76. The lowest BCUT2D eigenvalue weighted by molar-refractivity contribution is -0.135. The van der Waals surface area contributed by atoms with Gasteiger partial charge in [-0.2, -0.15) is 0 Å². The third kappa shape index (κ3) is 4.91. The molecule has 1 heterocycles. The average molecular weight is 392 g/mol. The minimum Gasteiger partial charge on any atom is -0.497 e. The van der Waals surface area contributed by atoms with Gasteiger partial charge in [0.2, 0.25) is 5.91 Å². The molecule has 0 atom stereocenters. The van der Waals surface area contributed by atoms with Crippen LogP contribution in [0.15, 0.2) is 18.2 Å². The molecule has 8 heteroatoms. The quantitative estimate of drug-likeness (QED) is 0.826. The summed E-state index contributed by atoms with van der Waals surface area (Å²) < 4.78 is 10.7. The van der Waals surface area contributed by atoms with Crippen molar-refractivity contribution < 1.29 is 14.3 Å². The van der Waals surface area contributed by atoms with E-state index in [-0.39, 0.29) is 30.7 Å². The summed E-state index contributed by atoms with van der Waals surface area (Å²) in [5.41, 5.74) is 6.56. The first kappa shape index (κ1) is 21.8. The van der Waals surface area contributed by atoms with Crippen LogP contribution in [-0.4, -0.2) is 61.6 Å². The van der Waals surface area contributed by atoms with Crippen molar-refractivity contribution >= 4 is 30.7 Å². The molecule has 1 saturated carbocycles. The topological polar surface area (TPSA) is 68.0 Å². The summed E-state index contributed by atoms with van der Waals surface area (Å²) in [7, 11) is 3.34. The van der Waals surface area contributed by atoms with E-state index in [4.69, 9.17) is 15.2 Å². The number of amides is 1. The van der Waals surface area contributed by atoms with Crippen LogP contribution >= 0.6 is 24.8 Å². The zero-order valence-corrected chi connectivity index (χ0v) is 16.3. The molecule has 0 aromatic heterocycles. The number of methoxy groups -OCH3 is 2. The SMILES string of the molecule is COc1ccc(OC)c(CN2CCN(C(=O)C3(N)CC3)CC2)c1.Cl.Cl. The second-order valence-electron chi connectivity index (χ2n) is 6.40. The van der Waals surface area contributed by atoms with E-state index < -0.39 is 5.54 Å². The standard InChI is InChI=1S/C17H25N3O3.2ClH/c1-22-14-3-4-15(23-2)13(11-14)12-19-7-9-20(10-8-19)16(21)17(18)5-6-17;;/h3-4,11H,5-10,12,18H2,1-2H3;2*1H.